The van der Waals surface area contributed by atoms with Gasteiger partial charge in [-0.2, -0.15) is 0 Å². The van der Waals surface area contributed by atoms with Crippen LogP contribution in [-0.4, -0.2) is 36.3 Å². The third kappa shape index (κ3) is 8.21. The first-order valence-corrected chi connectivity index (χ1v) is 12.0. The van der Waals surface area contributed by atoms with Crippen molar-refractivity contribution < 1.29 is 14.4 Å². The minimum absolute atomic E-state index is 0.0299. The minimum Gasteiger partial charge on any atom is -0.370 e. The van der Waals surface area contributed by atoms with Crippen molar-refractivity contribution in [3.05, 3.63) is 107 Å². The van der Waals surface area contributed by atoms with E-state index >= 15 is 0 Å². The molecule has 0 aromatic heterocycles. The number of rotatable bonds is 12. The number of primary amides is 1. The maximum absolute atomic E-state index is 13.6. The summed E-state index contributed by atoms with van der Waals surface area (Å²) in [5.41, 5.74) is 18.9. The highest BCUT2D eigenvalue weighted by atomic mass is 16.2. The Morgan fingerprint density at radius 3 is 1.84 bits per heavy atom. The molecule has 3 aromatic carbocycles. The monoisotopic (exact) mass is 500 g/mol. The number of nitrogens with one attached hydrogen (secondary N) is 2. The number of hydrogen-bond donors (Lipinski definition) is 5. The average molecular weight is 501 g/mol. The van der Waals surface area contributed by atoms with Crippen molar-refractivity contribution in [2.75, 3.05) is 6.54 Å². The van der Waals surface area contributed by atoms with Crippen molar-refractivity contribution in [1.29, 1.82) is 0 Å². The fourth-order valence-electron chi connectivity index (χ4n) is 3.91. The van der Waals surface area contributed by atoms with Gasteiger partial charge >= 0.3 is 0 Å². The summed E-state index contributed by atoms with van der Waals surface area (Å²) in [6, 6.07) is 24.7. The molecule has 3 amide bonds. The number of nitrogens with zero attached hydrogens (tertiary/aromatic N) is 1. The maximum Gasteiger partial charge on any atom is 0.248 e. The van der Waals surface area contributed by atoms with Gasteiger partial charge in [0.1, 0.15) is 6.04 Å². The average Bonchev–Trinajstić information content (AvgIpc) is 2.90. The van der Waals surface area contributed by atoms with Gasteiger partial charge in [0, 0.05) is 18.7 Å². The Kier molecular flexibility index (Phi) is 9.78. The number of carbonyl (C=O) groups is 3. The van der Waals surface area contributed by atoms with Gasteiger partial charge in [0.05, 0.1) is 5.92 Å². The molecule has 8 N–H and O–H groups in total. The Labute approximate surface area is 216 Å². The first kappa shape index (κ1) is 26.9. The lowest BCUT2D eigenvalue weighted by Crippen LogP contribution is -2.48. The molecule has 0 saturated heterocycles. The standard InChI is InChI=1S/C28H32N6O3/c29-25(35)22-15-13-19(14-16-22)18-33-26(36)23(12-7-17-32-28(30)31)34-27(37)24(20-8-3-1-4-9-20)21-10-5-2-6-11-21/h1-6,8-11,13-16,23-24H,7,12,17-18H2,(H2,29,35)(H,33,36)(H,34,37)(H4,30,31,32). The van der Waals surface area contributed by atoms with Crippen molar-refractivity contribution in [2.24, 2.45) is 22.2 Å². The quantitative estimate of drug-likeness (QED) is 0.145. The van der Waals surface area contributed by atoms with Gasteiger partial charge in [-0.05, 0) is 41.7 Å². The number of carbonyl (C=O) groups excluding carboxylic acids is 3. The van der Waals surface area contributed by atoms with Crippen molar-refractivity contribution in [3.63, 3.8) is 0 Å². The van der Waals surface area contributed by atoms with Gasteiger partial charge in [-0.25, -0.2) is 0 Å². The maximum atomic E-state index is 13.6. The van der Waals surface area contributed by atoms with Crippen LogP contribution >= 0.6 is 0 Å². The molecule has 0 aliphatic rings. The summed E-state index contributed by atoms with van der Waals surface area (Å²) in [5, 5.41) is 5.81. The van der Waals surface area contributed by atoms with E-state index in [1.807, 2.05) is 60.7 Å². The van der Waals surface area contributed by atoms with Crippen LogP contribution in [0.5, 0.6) is 0 Å². The minimum atomic E-state index is -0.804. The van der Waals surface area contributed by atoms with Crippen molar-refractivity contribution >= 4 is 23.7 Å². The molecule has 3 aromatic rings. The highest BCUT2D eigenvalue weighted by molar-refractivity contribution is 5.93. The van der Waals surface area contributed by atoms with Crippen LogP contribution in [0, 0.1) is 0 Å². The molecule has 3 rings (SSSR count). The Morgan fingerprint density at radius 2 is 1.32 bits per heavy atom. The normalized spacial score (nSPS) is 11.4. The molecule has 0 aliphatic heterocycles. The van der Waals surface area contributed by atoms with Crippen LogP contribution in [0.1, 0.15) is 45.8 Å². The number of amides is 3. The van der Waals surface area contributed by atoms with Crippen LogP contribution in [0.2, 0.25) is 0 Å². The molecular formula is C28H32N6O3. The summed E-state index contributed by atoms with van der Waals surface area (Å²) < 4.78 is 0. The second-order valence-electron chi connectivity index (χ2n) is 8.54. The predicted octanol–water partition coefficient (Wildman–Crippen LogP) is 1.77. The SMILES string of the molecule is NC(=O)c1ccc(CNC(=O)C(CCCN=C(N)N)NC(=O)C(c2ccccc2)c2ccccc2)cc1. The van der Waals surface area contributed by atoms with Crippen LogP contribution in [0.25, 0.3) is 0 Å². The summed E-state index contributed by atoms with van der Waals surface area (Å²) in [5.74, 6) is -1.76. The molecule has 0 aliphatic carbocycles. The summed E-state index contributed by atoms with van der Waals surface area (Å²) >= 11 is 0. The Morgan fingerprint density at radius 1 is 0.757 bits per heavy atom. The number of nitrogens with two attached hydrogens (primary N) is 3. The molecule has 0 fully saturated rings. The van der Waals surface area contributed by atoms with E-state index in [9.17, 15) is 14.4 Å². The second kappa shape index (κ2) is 13.4. The predicted molar refractivity (Wildman–Crippen MR) is 143 cm³/mol. The number of guanidine groups is 1. The smallest absolute Gasteiger partial charge is 0.248 e. The molecule has 0 heterocycles. The highest BCUT2D eigenvalue weighted by Crippen LogP contribution is 2.25. The second-order valence-corrected chi connectivity index (χ2v) is 8.54. The Bertz CT molecular complexity index is 1170. The fourth-order valence-corrected chi connectivity index (χ4v) is 3.91. The third-order valence-corrected chi connectivity index (χ3v) is 5.81. The van der Waals surface area contributed by atoms with E-state index in [-0.39, 0.29) is 24.3 Å². The molecule has 0 saturated carbocycles. The van der Waals surface area contributed by atoms with Crippen LogP contribution in [-0.2, 0) is 16.1 Å². The summed E-state index contributed by atoms with van der Waals surface area (Å²) in [7, 11) is 0. The lowest BCUT2D eigenvalue weighted by molar-refractivity contribution is -0.129. The number of aliphatic imine (C=N–C) groups is 1. The lowest BCUT2D eigenvalue weighted by Gasteiger charge is -2.23. The van der Waals surface area contributed by atoms with Crippen LogP contribution in [0.15, 0.2) is 89.9 Å². The van der Waals surface area contributed by atoms with Gasteiger partial charge in [-0.1, -0.05) is 72.8 Å². The molecular weight excluding hydrogens is 468 g/mol. The Hall–Kier alpha value is -4.66. The summed E-state index contributed by atoms with van der Waals surface area (Å²) in [6.45, 7) is 0.552. The molecule has 9 heteroatoms. The van der Waals surface area contributed by atoms with E-state index in [1.165, 1.54) is 0 Å². The molecule has 37 heavy (non-hydrogen) atoms. The van der Waals surface area contributed by atoms with Crippen molar-refractivity contribution in [3.8, 4) is 0 Å². The highest BCUT2D eigenvalue weighted by Gasteiger charge is 2.27. The Balaban J connectivity index is 1.76. The van der Waals surface area contributed by atoms with Gasteiger partial charge in [-0.15, -0.1) is 0 Å². The van der Waals surface area contributed by atoms with Gasteiger partial charge in [-0.3, -0.25) is 19.4 Å². The first-order valence-electron chi connectivity index (χ1n) is 12.0. The van der Waals surface area contributed by atoms with Gasteiger partial charge in [0.2, 0.25) is 17.7 Å². The molecule has 9 nitrogen and oxygen atoms in total. The molecule has 1 atom stereocenters. The largest absolute Gasteiger partial charge is 0.370 e. The zero-order valence-corrected chi connectivity index (χ0v) is 20.5. The van der Waals surface area contributed by atoms with E-state index < -0.39 is 17.9 Å². The zero-order valence-electron chi connectivity index (χ0n) is 20.5. The van der Waals surface area contributed by atoms with Crippen LogP contribution < -0.4 is 27.8 Å². The van der Waals surface area contributed by atoms with Crippen molar-refractivity contribution in [1.82, 2.24) is 10.6 Å². The molecule has 0 bridgehead atoms. The van der Waals surface area contributed by atoms with Crippen LogP contribution in [0.3, 0.4) is 0 Å². The summed E-state index contributed by atoms with van der Waals surface area (Å²) in [6.07, 6.45) is 0.830. The number of hydrogen-bond acceptors (Lipinski definition) is 4. The van der Waals surface area contributed by atoms with Gasteiger partial charge in [0.25, 0.3) is 0 Å². The van der Waals surface area contributed by atoms with E-state index in [2.05, 4.69) is 15.6 Å². The molecule has 1 unspecified atom stereocenters. The fraction of sp³-hybridized carbons (Fsp3) is 0.214. The van der Waals surface area contributed by atoms with Gasteiger partial charge in [0.15, 0.2) is 5.96 Å². The van der Waals surface area contributed by atoms with Gasteiger partial charge < -0.3 is 27.8 Å². The van der Waals surface area contributed by atoms with E-state index in [0.717, 1.165) is 16.7 Å². The lowest BCUT2D eigenvalue weighted by atomic mass is 9.90. The van der Waals surface area contributed by atoms with E-state index in [0.29, 0.717) is 24.9 Å². The number of benzene rings is 3. The van der Waals surface area contributed by atoms with E-state index in [4.69, 9.17) is 17.2 Å². The first-order chi connectivity index (χ1) is 17.8. The van der Waals surface area contributed by atoms with Crippen molar-refractivity contribution in [2.45, 2.75) is 31.3 Å². The zero-order chi connectivity index (χ0) is 26.6. The van der Waals surface area contributed by atoms with Crippen LogP contribution in [0.4, 0.5) is 0 Å². The summed E-state index contributed by atoms with van der Waals surface area (Å²) in [4.78, 5) is 42.0. The third-order valence-electron chi connectivity index (χ3n) is 5.81. The van der Waals surface area contributed by atoms with E-state index in [1.54, 1.807) is 24.3 Å². The topological polar surface area (TPSA) is 166 Å². The molecule has 0 radical (unpaired) electrons. The molecule has 192 valence electrons. The molecule has 0 spiro atoms.